The fraction of sp³-hybridized carbons (Fsp3) is 0.0909. The fourth-order valence-corrected chi connectivity index (χ4v) is 0.908. The molecular formula is C11H10F2O. The first kappa shape index (κ1) is 10.4. The second kappa shape index (κ2) is 5.91. The predicted molar refractivity (Wildman–Crippen MR) is 51.7 cm³/mol. The van der Waals surface area contributed by atoms with E-state index in [0.717, 1.165) is 5.56 Å². The maximum Gasteiger partial charge on any atom is 0.301 e. The lowest BCUT2D eigenvalue weighted by molar-refractivity contribution is 0.164. The first-order valence-electron chi connectivity index (χ1n) is 4.13. The van der Waals surface area contributed by atoms with Crippen LogP contribution in [0.2, 0.25) is 0 Å². The Kier molecular flexibility index (Phi) is 4.41. The Hall–Kier alpha value is -1.64. The number of ether oxygens (including phenoxy) is 1. The highest BCUT2D eigenvalue weighted by Crippen LogP contribution is 2.02. The molecule has 0 atom stereocenters. The van der Waals surface area contributed by atoms with Gasteiger partial charge < -0.3 is 4.74 Å². The molecule has 0 spiro atoms. The lowest BCUT2D eigenvalue weighted by Gasteiger charge is -1.96. The lowest BCUT2D eigenvalue weighted by Crippen LogP contribution is -1.85. The predicted octanol–water partition coefficient (Wildman–Crippen LogP) is 3.45. The molecule has 3 heteroatoms. The molecule has 0 aliphatic heterocycles. The first-order chi connectivity index (χ1) is 6.83. The number of benzene rings is 1. The summed E-state index contributed by atoms with van der Waals surface area (Å²) in [6, 6.07) is 8.28. The van der Waals surface area contributed by atoms with Crippen LogP contribution in [0.15, 0.2) is 48.8 Å². The zero-order valence-electron chi connectivity index (χ0n) is 7.49. The van der Waals surface area contributed by atoms with Crippen LogP contribution in [0.3, 0.4) is 0 Å². The minimum atomic E-state index is -1.21. The van der Waals surface area contributed by atoms with Gasteiger partial charge in [0.15, 0.2) is 6.33 Å². The van der Waals surface area contributed by atoms with Crippen molar-refractivity contribution in [3.63, 3.8) is 0 Å². The van der Waals surface area contributed by atoms with Crippen molar-refractivity contribution >= 4 is 6.08 Å². The van der Waals surface area contributed by atoms with Gasteiger partial charge in [-0.05, 0) is 11.6 Å². The molecule has 0 bridgehead atoms. The zero-order chi connectivity index (χ0) is 10.2. The molecular weight excluding hydrogens is 186 g/mol. The Morgan fingerprint density at radius 3 is 2.64 bits per heavy atom. The smallest absolute Gasteiger partial charge is 0.301 e. The lowest BCUT2D eigenvalue weighted by atomic mass is 10.2. The summed E-state index contributed by atoms with van der Waals surface area (Å²) in [7, 11) is 0. The Morgan fingerprint density at radius 1 is 1.29 bits per heavy atom. The average Bonchev–Trinajstić information content (AvgIpc) is 2.25. The summed E-state index contributed by atoms with van der Waals surface area (Å²) < 4.78 is 27.9. The third-order valence-electron chi connectivity index (χ3n) is 1.51. The van der Waals surface area contributed by atoms with Gasteiger partial charge in [-0.25, -0.2) is 4.39 Å². The van der Waals surface area contributed by atoms with Crippen molar-refractivity contribution in [2.45, 2.75) is 0 Å². The van der Waals surface area contributed by atoms with E-state index in [1.165, 1.54) is 0 Å². The summed E-state index contributed by atoms with van der Waals surface area (Å²) in [5.74, 6) is 0. The molecule has 0 fully saturated rings. The van der Waals surface area contributed by atoms with Crippen LogP contribution in [0, 0.1) is 0 Å². The van der Waals surface area contributed by atoms with Gasteiger partial charge in [-0.15, -0.1) is 0 Å². The van der Waals surface area contributed by atoms with Crippen molar-refractivity contribution in [2.75, 3.05) is 6.61 Å². The summed E-state index contributed by atoms with van der Waals surface area (Å²) >= 11 is 0. The fourth-order valence-electron chi connectivity index (χ4n) is 0.908. The Labute approximate surface area is 81.3 Å². The molecule has 0 saturated carbocycles. The summed E-state index contributed by atoms with van der Waals surface area (Å²) in [5.41, 5.74) is 0.987. The average molecular weight is 196 g/mol. The second-order valence-corrected chi connectivity index (χ2v) is 2.54. The summed E-state index contributed by atoms with van der Waals surface area (Å²) in [5, 5.41) is 0. The van der Waals surface area contributed by atoms with Crippen LogP contribution in [-0.2, 0) is 4.74 Å². The molecule has 0 N–H and O–H groups in total. The highest BCUT2D eigenvalue weighted by Gasteiger charge is 1.90. The van der Waals surface area contributed by atoms with Crippen molar-refractivity contribution in [3.8, 4) is 0 Å². The molecule has 0 saturated heterocycles. The number of hydrogen-bond acceptors (Lipinski definition) is 1. The standard InChI is InChI=1S/C11H10F2O/c12-9-11(13)14-8-4-7-10-5-2-1-3-6-10/h1-7,9H,8H2/b7-4+,11-9+. The van der Waals surface area contributed by atoms with Crippen LogP contribution in [0.5, 0.6) is 0 Å². The largest absolute Gasteiger partial charge is 0.465 e. The third-order valence-corrected chi connectivity index (χ3v) is 1.51. The summed E-state index contributed by atoms with van der Waals surface area (Å²) in [6.45, 7) is 0.0150. The van der Waals surface area contributed by atoms with Gasteiger partial charge in [0.1, 0.15) is 6.61 Å². The van der Waals surface area contributed by atoms with Gasteiger partial charge in [0, 0.05) is 0 Å². The van der Waals surface area contributed by atoms with Gasteiger partial charge in [0.05, 0.1) is 0 Å². The van der Waals surface area contributed by atoms with Crippen molar-refractivity contribution in [1.29, 1.82) is 0 Å². The van der Waals surface area contributed by atoms with E-state index in [1.807, 2.05) is 30.3 Å². The normalized spacial score (nSPS) is 12.0. The monoisotopic (exact) mass is 196 g/mol. The Balaban J connectivity index is 2.35. The number of hydrogen-bond donors (Lipinski definition) is 0. The Bertz CT molecular complexity index is 317. The van der Waals surface area contributed by atoms with Gasteiger partial charge in [0.2, 0.25) is 0 Å². The first-order valence-corrected chi connectivity index (χ1v) is 4.13. The van der Waals surface area contributed by atoms with E-state index in [0.29, 0.717) is 0 Å². The van der Waals surface area contributed by atoms with Crippen LogP contribution < -0.4 is 0 Å². The van der Waals surface area contributed by atoms with Gasteiger partial charge in [-0.1, -0.05) is 36.4 Å². The highest BCUT2D eigenvalue weighted by atomic mass is 19.2. The van der Waals surface area contributed by atoms with E-state index in [4.69, 9.17) is 0 Å². The molecule has 0 radical (unpaired) electrons. The number of halogens is 2. The summed E-state index contributed by atoms with van der Waals surface area (Å²) in [6.07, 6.45) is 3.17. The van der Waals surface area contributed by atoms with Gasteiger partial charge in [-0.3, -0.25) is 0 Å². The molecule has 0 aliphatic rings. The van der Waals surface area contributed by atoms with Gasteiger partial charge >= 0.3 is 6.01 Å². The minimum absolute atomic E-state index is 0.0150. The molecule has 0 amide bonds. The highest BCUT2D eigenvalue weighted by molar-refractivity contribution is 5.48. The van der Waals surface area contributed by atoms with E-state index >= 15 is 0 Å². The molecule has 1 rings (SSSR count). The molecule has 0 unspecified atom stereocenters. The van der Waals surface area contributed by atoms with Crippen LogP contribution in [0.1, 0.15) is 5.56 Å². The summed E-state index contributed by atoms with van der Waals surface area (Å²) in [4.78, 5) is 0. The minimum Gasteiger partial charge on any atom is -0.465 e. The topological polar surface area (TPSA) is 9.23 Å². The molecule has 1 aromatic carbocycles. The maximum absolute atomic E-state index is 12.1. The zero-order valence-corrected chi connectivity index (χ0v) is 7.49. The van der Waals surface area contributed by atoms with E-state index in [-0.39, 0.29) is 12.9 Å². The van der Waals surface area contributed by atoms with E-state index in [1.54, 1.807) is 12.2 Å². The molecule has 74 valence electrons. The quantitative estimate of drug-likeness (QED) is 0.670. The SMILES string of the molecule is F/C=C(\F)OC/C=C/c1ccccc1. The van der Waals surface area contributed by atoms with Crippen molar-refractivity contribution in [3.05, 3.63) is 54.3 Å². The molecule has 0 aromatic heterocycles. The van der Waals surface area contributed by atoms with Gasteiger partial charge in [-0.2, -0.15) is 4.39 Å². The van der Waals surface area contributed by atoms with E-state index < -0.39 is 6.01 Å². The van der Waals surface area contributed by atoms with Gasteiger partial charge in [0.25, 0.3) is 0 Å². The van der Waals surface area contributed by atoms with Crippen molar-refractivity contribution < 1.29 is 13.5 Å². The maximum atomic E-state index is 12.1. The van der Waals surface area contributed by atoms with Crippen molar-refractivity contribution in [1.82, 2.24) is 0 Å². The van der Waals surface area contributed by atoms with Crippen LogP contribution in [0.4, 0.5) is 8.78 Å². The van der Waals surface area contributed by atoms with Crippen molar-refractivity contribution in [2.24, 2.45) is 0 Å². The molecule has 0 heterocycles. The molecule has 14 heavy (non-hydrogen) atoms. The molecule has 1 aromatic rings. The molecule has 0 aliphatic carbocycles. The van der Waals surface area contributed by atoms with Crippen LogP contribution >= 0.6 is 0 Å². The van der Waals surface area contributed by atoms with E-state index in [9.17, 15) is 8.78 Å². The second-order valence-electron chi connectivity index (χ2n) is 2.54. The molecule has 1 nitrogen and oxygen atoms in total. The van der Waals surface area contributed by atoms with Crippen LogP contribution in [0.25, 0.3) is 6.08 Å². The number of rotatable bonds is 4. The van der Waals surface area contributed by atoms with E-state index in [2.05, 4.69) is 4.74 Å². The van der Waals surface area contributed by atoms with Crippen LogP contribution in [-0.4, -0.2) is 6.61 Å². The Morgan fingerprint density at radius 2 is 2.00 bits per heavy atom. The third kappa shape index (κ3) is 3.85.